The summed E-state index contributed by atoms with van der Waals surface area (Å²) < 4.78 is 5.71. The molecule has 1 rings (SSSR count). The molecule has 0 amide bonds. The smallest absolute Gasteiger partial charge is 0.0735 e. The molecule has 0 aromatic carbocycles. The first-order chi connectivity index (χ1) is 8.19. The second kappa shape index (κ2) is 7.41. The lowest BCUT2D eigenvalue weighted by Gasteiger charge is -2.21. The van der Waals surface area contributed by atoms with Gasteiger partial charge in [0, 0.05) is 6.20 Å². The molecule has 0 spiro atoms. The van der Waals surface area contributed by atoms with Gasteiger partial charge in [0.05, 0.1) is 24.4 Å². The molecule has 0 aliphatic carbocycles. The molecular weight excluding hydrogens is 212 g/mol. The van der Waals surface area contributed by atoms with Gasteiger partial charge in [0.25, 0.3) is 0 Å². The molecule has 0 bridgehead atoms. The molecule has 0 aliphatic heterocycles. The van der Waals surface area contributed by atoms with Crippen LogP contribution in [-0.4, -0.2) is 24.2 Å². The van der Waals surface area contributed by atoms with Gasteiger partial charge in [-0.3, -0.25) is 4.98 Å². The number of ether oxygens (including phenoxy) is 1. The molecule has 0 aliphatic rings. The standard InChI is InChI=1S/C14H24N2O/c1-5-12-8-7-9-16-14(12)13(15-6-2)10-17-11(3)4/h7-9,11,13,15H,5-6,10H2,1-4H3. The average molecular weight is 236 g/mol. The third-order valence-corrected chi connectivity index (χ3v) is 2.68. The summed E-state index contributed by atoms with van der Waals surface area (Å²) in [5, 5.41) is 3.44. The highest BCUT2D eigenvalue weighted by atomic mass is 16.5. The van der Waals surface area contributed by atoms with Gasteiger partial charge < -0.3 is 10.1 Å². The van der Waals surface area contributed by atoms with Crippen LogP contribution in [0.3, 0.4) is 0 Å². The lowest BCUT2D eigenvalue weighted by atomic mass is 10.1. The van der Waals surface area contributed by atoms with E-state index in [1.54, 1.807) is 0 Å². The summed E-state index contributed by atoms with van der Waals surface area (Å²) in [6.07, 6.45) is 3.12. The summed E-state index contributed by atoms with van der Waals surface area (Å²) >= 11 is 0. The molecule has 0 radical (unpaired) electrons. The number of aryl methyl sites for hydroxylation is 1. The Bertz CT molecular complexity index is 326. The van der Waals surface area contributed by atoms with Crippen LogP contribution in [0, 0.1) is 0 Å². The molecule has 1 unspecified atom stereocenters. The Balaban J connectivity index is 2.80. The van der Waals surface area contributed by atoms with Crippen molar-refractivity contribution in [3.63, 3.8) is 0 Å². The van der Waals surface area contributed by atoms with Gasteiger partial charge in [-0.05, 0) is 38.4 Å². The van der Waals surface area contributed by atoms with Crippen molar-refractivity contribution in [1.29, 1.82) is 0 Å². The Hall–Kier alpha value is -0.930. The highest BCUT2D eigenvalue weighted by Gasteiger charge is 2.15. The zero-order chi connectivity index (χ0) is 12.7. The summed E-state index contributed by atoms with van der Waals surface area (Å²) in [5.41, 5.74) is 2.42. The van der Waals surface area contributed by atoms with E-state index in [9.17, 15) is 0 Å². The van der Waals surface area contributed by atoms with Gasteiger partial charge in [-0.15, -0.1) is 0 Å². The van der Waals surface area contributed by atoms with Crippen LogP contribution in [0.5, 0.6) is 0 Å². The van der Waals surface area contributed by atoms with Gasteiger partial charge in [0.1, 0.15) is 0 Å². The van der Waals surface area contributed by atoms with Crippen molar-refractivity contribution in [3.8, 4) is 0 Å². The largest absolute Gasteiger partial charge is 0.377 e. The Morgan fingerprint density at radius 1 is 1.35 bits per heavy atom. The fraction of sp³-hybridized carbons (Fsp3) is 0.643. The van der Waals surface area contributed by atoms with E-state index in [0.717, 1.165) is 18.7 Å². The van der Waals surface area contributed by atoms with Crippen molar-refractivity contribution >= 4 is 0 Å². The van der Waals surface area contributed by atoms with E-state index >= 15 is 0 Å². The molecule has 1 atom stereocenters. The summed E-state index contributed by atoms with van der Waals surface area (Å²) in [7, 11) is 0. The van der Waals surface area contributed by atoms with E-state index < -0.39 is 0 Å². The highest BCUT2D eigenvalue weighted by Crippen LogP contribution is 2.16. The van der Waals surface area contributed by atoms with Gasteiger partial charge in [-0.25, -0.2) is 0 Å². The monoisotopic (exact) mass is 236 g/mol. The fourth-order valence-corrected chi connectivity index (χ4v) is 1.83. The molecule has 3 heteroatoms. The first-order valence-corrected chi connectivity index (χ1v) is 6.47. The fourth-order valence-electron chi connectivity index (χ4n) is 1.83. The Morgan fingerprint density at radius 3 is 2.71 bits per heavy atom. The third-order valence-electron chi connectivity index (χ3n) is 2.68. The molecule has 3 nitrogen and oxygen atoms in total. The second-order valence-corrected chi connectivity index (χ2v) is 4.39. The summed E-state index contributed by atoms with van der Waals surface area (Å²) in [5.74, 6) is 0. The summed E-state index contributed by atoms with van der Waals surface area (Å²) in [6.45, 7) is 9.98. The van der Waals surface area contributed by atoms with Crippen LogP contribution >= 0.6 is 0 Å². The van der Waals surface area contributed by atoms with Gasteiger partial charge in [-0.1, -0.05) is 19.9 Å². The third kappa shape index (κ3) is 4.44. The first kappa shape index (κ1) is 14.1. The maximum atomic E-state index is 5.71. The quantitative estimate of drug-likeness (QED) is 0.790. The minimum absolute atomic E-state index is 0.193. The van der Waals surface area contributed by atoms with Crippen molar-refractivity contribution in [1.82, 2.24) is 10.3 Å². The van der Waals surface area contributed by atoms with Crippen LogP contribution in [0.15, 0.2) is 18.3 Å². The SMILES string of the molecule is CCNC(COC(C)C)c1ncccc1CC. The number of rotatable bonds is 7. The Morgan fingerprint density at radius 2 is 2.12 bits per heavy atom. The zero-order valence-corrected chi connectivity index (χ0v) is 11.4. The summed E-state index contributed by atoms with van der Waals surface area (Å²) in [4.78, 5) is 4.50. The minimum Gasteiger partial charge on any atom is -0.377 e. The van der Waals surface area contributed by atoms with E-state index in [2.05, 4.69) is 44.1 Å². The molecule has 1 aromatic heterocycles. The number of hydrogen-bond acceptors (Lipinski definition) is 3. The minimum atomic E-state index is 0.193. The van der Waals surface area contributed by atoms with Gasteiger partial charge >= 0.3 is 0 Å². The van der Waals surface area contributed by atoms with Gasteiger partial charge in [0.15, 0.2) is 0 Å². The van der Waals surface area contributed by atoms with Crippen LogP contribution in [0.25, 0.3) is 0 Å². The number of likely N-dealkylation sites (N-methyl/N-ethyl adjacent to an activating group) is 1. The zero-order valence-electron chi connectivity index (χ0n) is 11.4. The van der Waals surface area contributed by atoms with Crippen LogP contribution in [0.4, 0.5) is 0 Å². The highest BCUT2D eigenvalue weighted by molar-refractivity contribution is 5.22. The van der Waals surface area contributed by atoms with E-state index in [1.807, 2.05) is 12.3 Å². The average Bonchev–Trinajstić information content (AvgIpc) is 2.34. The number of pyridine rings is 1. The Kier molecular flexibility index (Phi) is 6.16. The van der Waals surface area contributed by atoms with Crippen molar-refractivity contribution < 1.29 is 4.74 Å². The molecule has 96 valence electrons. The molecule has 17 heavy (non-hydrogen) atoms. The van der Waals surface area contributed by atoms with E-state index in [4.69, 9.17) is 4.74 Å². The first-order valence-electron chi connectivity index (χ1n) is 6.47. The van der Waals surface area contributed by atoms with Crippen LogP contribution in [0.2, 0.25) is 0 Å². The van der Waals surface area contributed by atoms with Crippen LogP contribution in [-0.2, 0) is 11.2 Å². The van der Waals surface area contributed by atoms with Crippen LogP contribution in [0.1, 0.15) is 45.0 Å². The van der Waals surface area contributed by atoms with Gasteiger partial charge in [-0.2, -0.15) is 0 Å². The summed E-state index contributed by atoms with van der Waals surface area (Å²) in [6, 6.07) is 4.33. The van der Waals surface area contributed by atoms with E-state index in [0.29, 0.717) is 6.61 Å². The number of hydrogen-bond donors (Lipinski definition) is 1. The van der Waals surface area contributed by atoms with E-state index in [-0.39, 0.29) is 12.1 Å². The maximum Gasteiger partial charge on any atom is 0.0735 e. The second-order valence-electron chi connectivity index (χ2n) is 4.39. The molecule has 1 heterocycles. The molecule has 0 saturated heterocycles. The van der Waals surface area contributed by atoms with Crippen molar-refractivity contribution in [2.24, 2.45) is 0 Å². The normalized spacial score (nSPS) is 13.0. The van der Waals surface area contributed by atoms with Gasteiger partial charge in [0.2, 0.25) is 0 Å². The molecule has 0 saturated carbocycles. The van der Waals surface area contributed by atoms with Crippen LogP contribution < -0.4 is 5.32 Å². The van der Waals surface area contributed by atoms with Crippen molar-refractivity contribution in [3.05, 3.63) is 29.6 Å². The lowest BCUT2D eigenvalue weighted by Crippen LogP contribution is -2.28. The lowest BCUT2D eigenvalue weighted by molar-refractivity contribution is 0.0605. The predicted octanol–water partition coefficient (Wildman–Crippen LogP) is 2.72. The number of aromatic nitrogens is 1. The Labute approximate surface area is 105 Å². The molecule has 0 fully saturated rings. The molecule has 1 aromatic rings. The predicted molar refractivity (Wildman–Crippen MR) is 71.1 cm³/mol. The molecular formula is C14H24N2O. The van der Waals surface area contributed by atoms with Crippen molar-refractivity contribution in [2.45, 2.75) is 46.3 Å². The topological polar surface area (TPSA) is 34.1 Å². The maximum absolute atomic E-state index is 5.71. The number of nitrogens with one attached hydrogen (secondary N) is 1. The van der Waals surface area contributed by atoms with E-state index in [1.165, 1.54) is 5.56 Å². The van der Waals surface area contributed by atoms with Crippen molar-refractivity contribution in [2.75, 3.05) is 13.2 Å². The molecule has 1 N–H and O–H groups in total. The number of nitrogens with zero attached hydrogens (tertiary/aromatic N) is 1.